The molecule has 2 rings (SSSR count). The zero-order chi connectivity index (χ0) is 12.4. The normalized spacial score (nSPS) is 10.2. The molecule has 0 aliphatic carbocycles. The predicted molar refractivity (Wildman–Crippen MR) is 60.3 cm³/mol. The smallest absolute Gasteiger partial charge is 0.269 e. The molecular weight excluding hydrogens is 218 g/mol. The highest BCUT2D eigenvalue weighted by atomic mass is 16.1. The molecule has 0 aromatic carbocycles. The van der Waals surface area contributed by atoms with Crippen LogP contribution in [0.5, 0.6) is 0 Å². The first-order valence-electron chi connectivity index (χ1n) is 5.07. The quantitative estimate of drug-likeness (QED) is 0.737. The Morgan fingerprint density at radius 2 is 2.24 bits per heavy atom. The van der Waals surface area contributed by atoms with E-state index in [-0.39, 0.29) is 11.1 Å². The largest absolute Gasteiger partial charge is 0.306 e. The van der Waals surface area contributed by atoms with E-state index in [1.165, 1.54) is 10.6 Å². The Morgan fingerprint density at radius 3 is 2.82 bits per heavy atom. The van der Waals surface area contributed by atoms with E-state index in [0.717, 1.165) is 5.69 Å². The maximum atomic E-state index is 11.9. The number of rotatable bonds is 2. The lowest BCUT2D eigenvalue weighted by Gasteiger charge is -2.07. The van der Waals surface area contributed by atoms with Crippen molar-refractivity contribution in [3.05, 3.63) is 45.6 Å². The van der Waals surface area contributed by atoms with Crippen LogP contribution in [0.2, 0.25) is 0 Å². The van der Waals surface area contributed by atoms with E-state index in [4.69, 9.17) is 5.26 Å². The molecule has 0 aliphatic heterocycles. The van der Waals surface area contributed by atoms with Crippen molar-refractivity contribution in [2.45, 2.75) is 13.5 Å². The van der Waals surface area contributed by atoms with Gasteiger partial charge < -0.3 is 4.57 Å². The SMILES string of the molecule is Cc1ccc(C#N)c(=O)n1Cc1cn(C)nn1. The van der Waals surface area contributed by atoms with E-state index in [9.17, 15) is 4.79 Å². The van der Waals surface area contributed by atoms with Crippen LogP contribution in [0.4, 0.5) is 0 Å². The molecule has 0 radical (unpaired) electrons. The molecular formula is C11H11N5O. The second kappa shape index (κ2) is 4.22. The summed E-state index contributed by atoms with van der Waals surface area (Å²) in [4.78, 5) is 11.9. The van der Waals surface area contributed by atoms with E-state index >= 15 is 0 Å². The van der Waals surface area contributed by atoms with Crippen LogP contribution >= 0.6 is 0 Å². The van der Waals surface area contributed by atoms with Gasteiger partial charge in [0.2, 0.25) is 0 Å². The van der Waals surface area contributed by atoms with E-state index in [0.29, 0.717) is 12.2 Å². The summed E-state index contributed by atoms with van der Waals surface area (Å²) >= 11 is 0. The van der Waals surface area contributed by atoms with Crippen LogP contribution in [0.25, 0.3) is 0 Å². The Labute approximate surface area is 97.7 Å². The van der Waals surface area contributed by atoms with Crippen molar-refractivity contribution in [2.24, 2.45) is 7.05 Å². The molecule has 0 unspecified atom stereocenters. The van der Waals surface area contributed by atoms with Crippen LogP contribution in [-0.2, 0) is 13.6 Å². The second-order valence-corrected chi connectivity index (χ2v) is 3.78. The molecule has 0 spiro atoms. The first kappa shape index (κ1) is 11.1. The predicted octanol–water partition coefficient (Wildman–Crippen LogP) is 0.205. The molecule has 86 valence electrons. The van der Waals surface area contributed by atoms with Gasteiger partial charge in [-0.2, -0.15) is 5.26 Å². The number of hydrogen-bond donors (Lipinski definition) is 0. The van der Waals surface area contributed by atoms with Crippen molar-refractivity contribution in [3.8, 4) is 6.07 Å². The third-order valence-electron chi connectivity index (χ3n) is 2.48. The van der Waals surface area contributed by atoms with Crippen molar-refractivity contribution in [1.82, 2.24) is 19.6 Å². The lowest BCUT2D eigenvalue weighted by atomic mass is 10.2. The van der Waals surface area contributed by atoms with Gasteiger partial charge in [0.1, 0.15) is 17.3 Å². The number of aromatic nitrogens is 4. The van der Waals surface area contributed by atoms with Gasteiger partial charge in [0.15, 0.2) is 0 Å². The first-order chi connectivity index (χ1) is 8.11. The zero-order valence-corrected chi connectivity index (χ0v) is 9.58. The van der Waals surface area contributed by atoms with Crippen molar-refractivity contribution in [2.75, 3.05) is 0 Å². The molecule has 2 aromatic heterocycles. The molecule has 0 aliphatic rings. The molecule has 0 saturated heterocycles. The number of hydrogen-bond acceptors (Lipinski definition) is 4. The Bertz CT molecular complexity index is 647. The van der Waals surface area contributed by atoms with Gasteiger partial charge in [0, 0.05) is 18.9 Å². The Hall–Kier alpha value is -2.42. The van der Waals surface area contributed by atoms with Crippen molar-refractivity contribution < 1.29 is 0 Å². The fraction of sp³-hybridized carbons (Fsp3) is 0.273. The molecule has 2 aromatic rings. The van der Waals surface area contributed by atoms with Crippen LogP contribution in [0.15, 0.2) is 23.1 Å². The Kier molecular flexibility index (Phi) is 2.75. The Morgan fingerprint density at radius 1 is 1.47 bits per heavy atom. The van der Waals surface area contributed by atoms with Gasteiger partial charge in [-0.25, -0.2) is 0 Å². The van der Waals surface area contributed by atoms with Gasteiger partial charge in [-0.15, -0.1) is 5.10 Å². The highest BCUT2D eigenvalue weighted by Gasteiger charge is 2.08. The molecule has 0 fully saturated rings. The van der Waals surface area contributed by atoms with Crippen LogP contribution < -0.4 is 5.56 Å². The maximum absolute atomic E-state index is 11.9. The summed E-state index contributed by atoms with van der Waals surface area (Å²) in [5.74, 6) is 0. The first-order valence-corrected chi connectivity index (χ1v) is 5.07. The molecule has 0 atom stereocenters. The summed E-state index contributed by atoms with van der Waals surface area (Å²) in [5.41, 5.74) is 1.32. The zero-order valence-electron chi connectivity index (χ0n) is 9.58. The summed E-state index contributed by atoms with van der Waals surface area (Å²) in [6.07, 6.45) is 1.74. The summed E-state index contributed by atoms with van der Waals surface area (Å²) in [6, 6.07) is 5.16. The fourth-order valence-corrected chi connectivity index (χ4v) is 1.58. The minimum absolute atomic E-state index is 0.138. The molecule has 6 heteroatoms. The highest BCUT2D eigenvalue weighted by Crippen LogP contribution is 2.01. The van der Waals surface area contributed by atoms with Gasteiger partial charge in [0.05, 0.1) is 6.54 Å². The molecule has 0 amide bonds. The molecule has 0 saturated carbocycles. The Balaban J connectivity index is 2.46. The molecule has 6 nitrogen and oxygen atoms in total. The number of pyridine rings is 1. The van der Waals surface area contributed by atoms with Crippen LogP contribution in [0.3, 0.4) is 0 Å². The van der Waals surface area contributed by atoms with Gasteiger partial charge in [0.25, 0.3) is 5.56 Å². The summed E-state index contributed by atoms with van der Waals surface area (Å²) < 4.78 is 3.09. The summed E-state index contributed by atoms with van der Waals surface area (Å²) in [6.45, 7) is 2.15. The molecule has 17 heavy (non-hydrogen) atoms. The van der Waals surface area contributed by atoms with Crippen molar-refractivity contribution in [3.63, 3.8) is 0 Å². The lowest BCUT2D eigenvalue weighted by Crippen LogP contribution is -2.25. The van der Waals surface area contributed by atoms with Gasteiger partial charge in [-0.1, -0.05) is 5.21 Å². The van der Waals surface area contributed by atoms with Gasteiger partial charge in [-0.3, -0.25) is 9.48 Å². The van der Waals surface area contributed by atoms with E-state index in [1.54, 1.807) is 24.0 Å². The highest BCUT2D eigenvalue weighted by molar-refractivity contribution is 5.27. The van der Waals surface area contributed by atoms with Crippen LogP contribution in [0.1, 0.15) is 17.0 Å². The molecule has 0 bridgehead atoms. The van der Waals surface area contributed by atoms with Crippen LogP contribution in [0, 0.1) is 18.3 Å². The van der Waals surface area contributed by atoms with E-state index in [1.807, 2.05) is 13.0 Å². The monoisotopic (exact) mass is 229 g/mol. The van der Waals surface area contributed by atoms with E-state index < -0.39 is 0 Å². The molecule has 0 N–H and O–H groups in total. The van der Waals surface area contributed by atoms with Crippen molar-refractivity contribution in [1.29, 1.82) is 5.26 Å². The summed E-state index contributed by atoms with van der Waals surface area (Å²) in [7, 11) is 1.76. The number of nitriles is 1. The minimum Gasteiger partial charge on any atom is -0.306 e. The van der Waals surface area contributed by atoms with E-state index in [2.05, 4.69) is 10.3 Å². The average molecular weight is 229 g/mol. The standard InChI is InChI=1S/C11H11N5O/c1-8-3-4-9(5-12)11(17)16(8)7-10-6-15(2)14-13-10/h3-4,6H,7H2,1-2H3. The minimum atomic E-state index is -0.293. The topological polar surface area (TPSA) is 76.5 Å². The summed E-state index contributed by atoms with van der Waals surface area (Å²) in [5, 5.41) is 16.5. The van der Waals surface area contributed by atoms with Gasteiger partial charge in [-0.05, 0) is 19.1 Å². The van der Waals surface area contributed by atoms with Crippen LogP contribution in [-0.4, -0.2) is 19.6 Å². The third-order valence-corrected chi connectivity index (χ3v) is 2.48. The average Bonchev–Trinajstić information content (AvgIpc) is 2.70. The lowest BCUT2D eigenvalue weighted by molar-refractivity contribution is 0.695. The van der Waals surface area contributed by atoms with Crippen molar-refractivity contribution >= 4 is 0 Å². The molecule has 2 heterocycles. The fourth-order valence-electron chi connectivity index (χ4n) is 1.58. The second-order valence-electron chi connectivity index (χ2n) is 3.78. The third kappa shape index (κ3) is 2.08. The number of aryl methyl sites for hydroxylation is 2. The number of nitrogens with zero attached hydrogens (tertiary/aromatic N) is 5. The maximum Gasteiger partial charge on any atom is 0.269 e. The van der Waals surface area contributed by atoms with Gasteiger partial charge >= 0.3 is 0 Å².